The van der Waals surface area contributed by atoms with Gasteiger partial charge >= 0.3 is 0 Å². The predicted octanol–water partition coefficient (Wildman–Crippen LogP) is 3.69. The summed E-state index contributed by atoms with van der Waals surface area (Å²) in [5, 5.41) is 12.9. The number of ether oxygens (including phenoxy) is 2. The monoisotopic (exact) mass is 415 g/mol. The van der Waals surface area contributed by atoms with Gasteiger partial charge in [-0.2, -0.15) is 4.98 Å². The van der Waals surface area contributed by atoms with Crippen LogP contribution in [-0.2, 0) is 23.3 Å². The van der Waals surface area contributed by atoms with E-state index >= 15 is 0 Å². The fourth-order valence-corrected chi connectivity index (χ4v) is 4.23. The lowest BCUT2D eigenvalue weighted by molar-refractivity contribution is -0.00114. The molecule has 1 fully saturated rings. The van der Waals surface area contributed by atoms with E-state index in [2.05, 4.69) is 27.6 Å². The molecule has 31 heavy (non-hydrogen) atoms. The van der Waals surface area contributed by atoms with Crippen LogP contribution < -0.4 is 4.74 Å². The number of hydrogen-bond donors (Lipinski definition) is 0. The first-order chi connectivity index (χ1) is 15.3. The Kier molecular flexibility index (Phi) is 4.14. The van der Waals surface area contributed by atoms with Crippen molar-refractivity contribution in [1.29, 1.82) is 0 Å². The molecule has 8 heteroatoms. The number of rotatable bonds is 5. The zero-order valence-electron chi connectivity index (χ0n) is 17.1. The van der Waals surface area contributed by atoms with Crippen molar-refractivity contribution in [3.8, 4) is 17.3 Å². The molecule has 3 heterocycles. The molecular formula is C23H21N5O3. The lowest BCUT2D eigenvalue weighted by atomic mass is 9.96. The molecule has 2 aromatic heterocycles. The topological polar surface area (TPSA) is 88.1 Å². The van der Waals surface area contributed by atoms with E-state index in [-0.39, 0.29) is 11.5 Å². The van der Waals surface area contributed by atoms with Gasteiger partial charge in [-0.05, 0) is 36.1 Å². The predicted molar refractivity (Wildman–Crippen MR) is 110 cm³/mol. The second kappa shape index (κ2) is 7.02. The van der Waals surface area contributed by atoms with Crippen LogP contribution in [0.3, 0.4) is 0 Å². The van der Waals surface area contributed by atoms with E-state index in [9.17, 15) is 0 Å². The van der Waals surface area contributed by atoms with Crippen molar-refractivity contribution in [3.63, 3.8) is 0 Å². The highest BCUT2D eigenvalue weighted by Crippen LogP contribution is 2.53. The lowest BCUT2D eigenvalue weighted by Crippen LogP contribution is -2.22. The molecule has 0 unspecified atom stereocenters. The number of aromatic nitrogens is 5. The van der Waals surface area contributed by atoms with Gasteiger partial charge in [-0.25, -0.2) is 4.68 Å². The van der Waals surface area contributed by atoms with Crippen LogP contribution in [0.15, 0.2) is 59.1 Å². The van der Waals surface area contributed by atoms with Crippen LogP contribution in [0.2, 0.25) is 0 Å². The Morgan fingerprint density at radius 1 is 1.06 bits per heavy atom. The third-order valence-electron chi connectivity index (χ3n) is 6.21. The highest BCUT2D eigenvalue weighted by Gasteiger charge is 2.51. The second-order valence-electron chi connectivity index (χ2n) is 8.01. The SMILES string of the molecule is COc1ccc([C@H]2Cn3nnc(-c4noc(C5(c6ccccc6)CC5)n4)c3CO2)cc1. The van der Waals surface area contributed by atoms with Crippen molar-refractivity contribution < 1.29 is 14.0 Å². The number of benzene rings is 2. The number of fused-ring (bicyclic) bond motifs is 1. The van der Waals surface area contributed by atoms with Crippen LogP contribution in [0.5, 0.6) is 5.75 Å². The van der Waals surface area contributed by atoms with Gasteiger partial charge in [-0.1, -0.05) is 52.8 Å². The molecule has 6 rings (SSSR count). The Balaban J connectivity index is 1.26. The summed E-state index contributed by atoms with van der Waals surface area (Å²) in [6.45, 7) is 0.958. The maximum Gasteiger partial charge on any atom is 0.237 e. The fourth-order valence-electron chi connectivity index (χ4n) is 4.23. The van der Waals surface area contributed by atoms with Crippen LogP contribution in [0.1, 0.15) is 41.7 Å². The van der Waals surface area contributed by atoms with E-state index in [1.165, 1.54) is 5.56 Å². The zero-order valence-corrected chi connectivity index (χ0v) is 17.1. The Hall–Kier alpha value is -3.52. The minimum atomic E-state index is -0.171. The highest BCUT2D eigenvalue weighted by atomic mass is 16.5. The van der Waals surface area contributed by atoms with Crippen LogP contribution in [0, 0.1) is 0 Å². The number of nitrogens with zero attached hydrogens (tertiary/aromatic N) is 5. The Morgan fingerprint density at radius 3 is 2.61 bits per heavy atom. The molecule has 0 bridgehead atoms. The van der Waals surface area contributed by atoms with E-state index < -0.39 is 0 Å². The number of hydrogen-bond acceptors (Lipinski definition) is 7. The second-order valence-corrected chi connectivity index (χ2v) is 8.01. The van der Waals surface area contributed by atoms with Gasteiger partial charge in [-0.15, -0.1) is 5.10 Å². The molecule has 2 aromatic carbocycles. The van der Waals surface area contributed by atoms with E-state index in [4.69, 9.17) is 19.0 Å². The van der Waals surface area contributed by atoms with Crippen molar-refractivity contribution in [3.05, 3.63) is 77.3 Å². The fraction of sp³-hybridized carbons (Fsp3) is 0.304. The van der Waals surface area contributed by atoms with Gasteiger partial charge < -0.3 is 14.0 Å². The highest BCUT2D eigenvalue weighted by molar-refractivity contribution is 5.52. The molecule has 4 aromatic rings. The third kappa shape index (κ3) is 3.02. The molecule has 0 spiro atoms. The third-order valence-corrected chi connectivity index (χ3v) is 6.21. The van der Waals surface area contributed by atoms with Gasteiger partial charge in [0.05, 0.1) is 31.4 Å². The summed E-state index contributed by atoms with van der Waals surface area (Å²) in [6, 6.07) is 18.2. The first kappa shape index (κ1) is 18.3. The first-order valence-corrected chi connectivity index (χ1v) is 10.3. The van der Waals surface area contributed by atoms with E-state index in [0.29, 0.717) is 30.6 Å². The van der Waals surface area contributed by atoms with Crippen molar-refractivity contribution in [2.24, 2.45) is 0 Å². The average Bonchev–Trinajstić information content (AvgIpc) is 3.30. The lowest BCUT2D eigenvalue weighted by Gasteiger charge is -2.24. The molecule has 0 N–H and O–H groups in total. The standard InChI is InChI=1S/C23H21N5O3/c1-29-17-9-7-15(8-10-17)19-13-28-18(14-30-19)20(25-27-28)21-24-22(31-26-21)23(11-12-23)16-5-3-2-4-6-16/h2-10,19H,11-14H2,1H3/t19-/m1/s1. The van der Waals surface area contributed by atoms with Crippen LogP contribution in [0.25, 0.3) is 11.5 Å². The first-order valence-electron chi connectivity index (χ1n) is 10.3. The molecule has 1 aliphatic carbocycles. The van der Waals surface area contributed by atoms with Crippen molar-refractivity contribution in [2.45, 2.75) is 37.5 Å². The molecular weight excluding hydrogens is 394 g/mol. The van der Waals surface area contributed by atoms with Gasteiger partial charge in [0.2, 0.25) is 11.7 Å². The number of methoxy groups -OCH3 is 1. The maximum atomic E-state index is 6.11. The van der Waals surface area contributed by atoms with E-state index in [1.807, 2.05) is 47.1 Å². The summed E-state index contributed by atoms with van der Waals surface area (Å²) in [4.78, 5) is 4.70. The molecule has 1 atom stereocenters. The quantitative estimate of drug-likeness (QED) is 0.491. The van der Waals surface area contributed by atoms with Gasteiger partial charge in [-0.3, -0.25) is 0 Å². The van der Waals surface area contributed by atoms with Gasteiger partial charge in [0.1, 0.15) is 11.9 Å². The summed E-state index contributed by atoms with van der Waals surface area (Å²) < 4.78 is 18.9. The molecule has 1 saturated carbocycles. The maximum absolute atomic E-state index is 6.11. The molecule has 1 aliphatic heterocycles. The molecule has 8 nitrogen and oxygen atoms in total. The van der Waals surface area contributed by atoms with E-state index in [1.54, 1.807) is 7.11 Å². The van der Waals surface area contributed by atoms with Gasteiger partial charge in [0.25, 0.3) is 0 Å². The molecule has 0 saturated heterocycles. The molecule has 2 aliphatic rings. The normalized spacial score (nSPS) is 19.1. The summed E-state index contributed by atoms with van der Waals surface area (Å²) in [5.41, 5.74) is 3.59. The largest absolute Gasteiger partial charge is 0.497 e. The minimum absolute atomic E-state index is 0.0957. The van der Waals surface area contributed by atoms with Crippen LogP contribution >= 0.6 is 0 Å². The Bertz CT molecular complexity index is 1210. The van der Waals surface area contributed by atoms with E-state index in [0.717, 1.165) is 29.8 Å². The summed E-state index contributed by atoms with van der Waals surface area (Å²) in [7, 11) is 1.66. The molecule has 0 amide bonds. The average molecular weight is 415 g/mol. The summed E-state index contributed by atoms with van der Waals surface area (Å²) in [5.74, 6) is 1.92. The van der Waals surface area contributed by atoms with Gasteiger partial charge in [0.15, 0.2) is 5.69 Å². The smallest absolute Gasteiger partial charge is 0.237 e. The minimum Gasteiger partial charge on any atom is -0.497 e. The molecule has 0 radical (unpaired) electrons. The zero-order chi connectivity index (χ0) is 20.8. The summed E-state index contributed by atoms with van der Waals surface area (Å²) >= 11 is 0. The van der Waals surface area contributed by atoms with Crippen LogP contribution in [0.4, 0.5) is 0 Å². The molecule has 156 valence electrons. The summed E-state index contributed by atoms with van der Waals surface area (Å²) in [6.07, 6.45) is 1.91. The Labute approximate surface area is 178 Å². The van der Waals surface area contributed by atoms with Crippen molar-refractivity contribution >= 4 is 0 Å². The van der Waals surface area contributed by atoms with Crippen molar-refractivity contribution in [2.75, 3.05) is 7.11 Å². The van der Waals surface area contributed by atoms with Gasteiger partial charge in [0, 0.05) is 0 Å². The van der Waals surface area contributed by atoms with Crippen LogP contribution in [-0.4, -0.2) is 32.2 Å². The van der Waals surface area contributed by atoms with Crippen molar-refractivity contribution in [1.82, 2.24) is 25.1 Å². The Morgan fingerprint density at radius 2 is 1.87 bits per heavy atom.